The highest BCUT2D eigenvalue weighted by Crippen LogP contribution is 2.19. The minimum Gasteiger partial charge on any atom is -0.478 e. The van der Waals surface area contributed by atoms with Gasteiger partial charge in [-0.15, -0.1) is 0 Å². The molecule has 1 heterocycles. The van der Waals surface area contributed by atoms with Crippen LogP contribution in [0.5, 0.6) is 0 Å². The third-order valence-corrected chi connectivity index (χ3v) is 3.29. The molecule has 2 N–H and O–H groups in total. The summed E-state index contributed by atoms with van der Waals surface area (Å²) in [6, 6.07) is 7.99. The van der Waals surface area contributed by atoms with Gasteiger partial charge >= 0.3 is 5.97 Å². The van der Waals surface area contributed by atoms with E-state index in [2.05, 4.69) is 5.32 Å². The predicted octanol–water partition coefficient (Wildman–Crippen LogP) is 1.80. The number of nitrogens with zero attached hydrogens (tertiary/aromatic N) is 1. The Hall–Kier alpha value is -2.89. The van der Waals surface area contributed by atoms with E-state index < -0.39 is 11.5 Å². The van der Waals surface area contributed by atoms with Crippen molar-refractivity contribution < 1.29 is 14.7 Å². The number of carbonyl (C=O) groups is 2. The molecule has 6 heteroatoms. The molecule has 0 unspecified atom stereocenters. The molecule has 0 aliphatic carbocycles. The fraction of sp³-hybridized carbons (Fsp3) is 0.188. The molecule has 6 nitrogen and oxygen atoms in total. The second kappa shape index (κ2) is 6.26. The number of aromatic carboxylic acids is 1. The summed E-state index contributed by atoms with van der Waals surface area (Å²) in [6.45, 7) is 3.51. The zero-order valence-electron chi connectivity index (χ0n) is 12.3. The van der Waals surface area contributed by atoms with E-state index in [0.717, 1.165) is 28.0 Å². The number of benzene rings is 1. The topological polar surface area (TPSA) is 88.4 Å². The minimum atomic E-state index is -1.15. The van der Waals surface area contributed by atoms with Gasteiger partial charge in [-0.05, 0) is 31.0 Å². The minimum absolute atomic E-state index is 0.0422. The third-order valence-electron chi connectivity index (χ3n) is 3.29. The summed E-state index contributed by atoms with van der Waals surface area (Å²) in [6.07, 6.45) is 1.16. The predicted molar refractivity (Wildman–Crippen MR) is 82.2 cm³/mol. The second-order valence-electron chi connectivity index (χ2n) is 5.00. The Balaban J connectivity index is 2.21. The van der Waals surface area contributed by atoms with Crippen LogP contribution in [0.2, 0.25) is 0 Å². The molecule has 0 atom stereocenters. The quantitative estimate of drug-likeness (QED) is 0.901. The van der Waals surface area contributed by atoms with Gasteiger partial charge in [0.2, 0.25) is 5.91 Å². The van der Waals surface area contributed by atoms with Crippen molar-refractivity contribution in [3.05, 3.63) is 63.6 Å². The zero-order chi connectivity index (χ0) is 16.3. The van der Waals surface area contributed by atoms with Crippen LogP contribution in [-0.2, 0) is 11.3 Å². The fourth-order valence-corrected chi connectivity index (χ4v) is 2.13. The number of hydrogen-bond donors (Lipinski definition) is 2. The van der Waals surface area contributed by atoms with Crippen molar-refractivity contribution in [2.24, 2.45) is 0 Å². The molecule has 0 saturated heterocycles. The van der Waals surface area contributed by atoms with Crippen molar-refractivity contribution in [1.82, 2.24) is 4.57 Å². The summed E-state index contributed by atoms with van der Waals surface area (Å²) in [5, 5.41) is 11.7. The third kappa shape index (κ3) is 3.41. The Morgan fingerprint density at radius 2 is 1.77 bits per heavy atom. The highest BCUT2D eigenvalue weighted by atomic mass is 16.4. The van der Waals surface area contributed by atoms with Crippen molar-refractivity contribution in [2.45, 2.75) is 20.4 Å². The molecule has 0 bridgehead atoms. The highest BCUT2D eigenvalue weighted by Gasteiger charge is 2.11. The monoisotopic (exact) mass is 300 g/mol. The van der Waals surface area contributed by atoms with E-state index in [1.54, 1.807) is 0 Å². The van der Waals surface area contributed by atoms with E-state index in [9.17, 15) is 14.4 Å². The molecule has 0 spiro atoms. The Bertz CT molecular complexity index is 773. The molecule has 0 fully saturated rings. The molecular weight excluding hydrogens is 284 g/mol. The van der Waals surface area contributed by atoms with Crippen molar-refractivity contribution in [3.63, 3.8) is 0 Å². The van der Waals surface area contributed by atoms with Gasteiger partial charge in [0, 0.05) is 18.0 Å². The van der Waals surface area contributed by atoms with E-state index >= 15 is 0 Å². The van der Waals surface area contributed by atoms with Gasteiger partial charge < -0.3 is 15.0 Å². The lowest BCUT2D eigenvalue weighted by molar-refractivity contribution is -0.116. The Kier molecular flexibility index (Phi) is 4.41. The number of hydrogen-bond acceptors (Lipinski definition) is 3. The summed E-state index contributed by atoms with van der Waals surface area (Å²) in [4.78, 5) is 34.7. The van der Waals surface area contributed by atoms with Crippen molar-refractivity contribution in [3.8, 4) is 0 Å². The molecule has 22 heavy (non-hydrogen) atoms. The van der Waals surface area contributed by atoms with E-state index in [4.69, 9.17) is 5.11 Å². The number of carbonyl (C=O) groups excluding carboxylic acids is 1. The zero-order valence-corrected chi connectivity index (χ0v) is 12.3. The van der Waals surface area contributed by atoms with Crippen LogP contribution in [0, 0.1) is 13.8 Å². The summed E-state index contributed by atoms with van der Waals surface area (Å²) >= 11 is 0. The number of anilines is 1. The standard InChI is InChI=1S/C16H16N2O4/c1-10-4-3-5-11(2)15(10)17-13(19)9-18-8-12(16(21)22)6-7-14(18)20/h3-8H,9H2,1-2H3,(H,17,19)(H,21,22). The maximum absolute atomic E-state index is 12.1. The second-order valence-corrected chi connectivity index (χ2v) is 5.00. The number of carboxylic acid groups (broad SMARTS) is 1. The molecule has 1 amide bonds. The van der Waals surface area contributed by atoms with Gasteiger partial charge in [-0.3, -0.25) is 9.59 Å². The molecule has 0 radical (unpaired) electrons. The van der Waals surface area contributed by atoms with Gasteiger partial charge in [0.25, 0.3) is 5.56 Å². The smallest absolute Gasteiger partial charge is 0.337 e. The van der Waals surface area contributed by atoms with Crippen molar-refractivity contribution in [2.75, 3.05) is 5.32 Å². The van der Waals surface area contributed by atoms with Gasteiger partial charge in [0.1, 0.15) is 6.54 Å². The Morgan fingerprint density at radius 1 is 1.14 bits per heavy atom. The van der Waals surface area contributed by atoms with Crippen LogP contribution in [0.15, 0.2) is 41.3 Å². The van der Waals surface area contributed by atoms with Crippen LogP contribution in [0.3, 0.4) is 0 Å². The SMILES string of the molecule is Cc1cccc(C)c1NC(=O)Cn1cc(C(=O)O)ccc1=O. The van der Waals surface area contributed by atoms with Gasteiger partial charge in [0.05, 0.1) is 5.56 Å². The molecule has 1 aromatic heterocycles. The first-order valence-corrected chi connectivity index (χ1v) is 6.68. The summed E-state index contributed by atoms with van der Waals surface area (Å²) in [5.41, 5.74) is 2.07. The molecule has 2 rings (SSSR count). The maximum atomic E-state index is 12.1. The molecule has 0 aliphatic heterocycles. The van der Waals surface area contributed by atoms with E-state index in [1.807, 2.05) is 32.0 Å². The molecule has 114 valence electrons. The molecule has 0 aliphatic rings. The van der Waals surface area contributed by atoms with E-state index in [-0.39, 0.29) is 18.0 Å². The average Bonchev–Trinajstić information content (AvgIpc) is 2.45. The molecule has 2 aromatic rings. The number of amides is 1. The van der Waals surface area contributed by atoms with Crippen LogP contribution in [0.25, 0.3) is 0 Å². The van der Waals surface area contributed by atoms with E-state index in [0.29, 0.717) is 5.69 Å². The van der Waals surface area contributed by atoms with Gasteiger partial charge in [-0.2, -0.15) is 0 Å². The number of carboxylic acids is 1. The van der Waals surface area contributed by atoms with Gasteiger partial charge in [-0.25, -0.2) is 4.79 Å². The van der Waals surface area contributed by atoms with Crippen LogP contribution in [0.4, 0.5) is 5.69 Å². The number of aromatic nitrogens is 1. The first kappa shape index (κ1) is 15.5. The lowest BCUT2D eigenvalue weighted by Crippen LogP contribution is -2.28. The number of para-hydroxylation sites is 1. The van der Waals surface area contributed by atoms with Gasteiger partial charge in [0.15, 0.2) is 0 Å². The summed E-state index contributed by atoms with van der Waals surface area (Å²) in [5.74, 6) is -1.54. The normalized spacial score (nSPS) is 10.3. The highest BCUT2D eigenvalue weighted by molar-refractivity contribution is 5.92. The average molecular weight is 300 g/mol. The number of pyridine rings is 1. The van der Waals surface area contributed by atoms with Crippen LogP contribution in [-0.4, -0.2) is 21.6 Å². The van der Waals surface area contributed by atoms with Crippen molar-refractivity contribution in [1.29, 1.82) is 0 Å². The molecule has 1 aromatic carbocycles. The molecule has 0 saturated carbocycles. The molecular formula is C16H16N2O4. The lowest BCUT2D eigenvalue weighted by atomic mass is 10.1. The number of rotatable bonds is 4. The summed E-state index contributed by atoms with van der Waals surface area (Å²) < 4.78 is 1.08. The first-order chi connectivity index (χ1) is 10.4. The van der Waals surface area contributed by atoms with Gasteiger partial charge in [-0.1, -0.05) is 18.2 Å². The Morgan fingerprint density at radius 3 is 2.36 bits per heavy atom. The van der Waals surface area contributed by atoms with Crippen LogP contribution >= 0.6 is 0 Å². The largest absolute Gasteiger partial charge is 0.478 e. The van der Waals surface area contributed by atoms with Crippen LogP contribution < -0.4 is 10.9 Å². The number of nitrogens with one attached hydrogen (secondary N) is 1. The lowest BCUT2D eigenvalue weighted by Gasteiger charge is -2.12. The van der Waals surface area contributed by atoms with Crippen LogP contribution in [0.1, 0.15) is 21.5 Å². The summed E-state index contributed by atoms with van der Waals surface area (Å²) in [7, 11) is 0. The maximum Gasteiger partial charge on any atom is 0.337 e. The van der Waals surface area contributed by atoms with Crippen molar-refractivity contribution >= 4 is 17.6 Å². The first-order valence-electron chi connectivity index (χ1n) is 6.68. The fourth-order valence-electron chi connectivity index (χ4n) is 2.13. The number of aryl methyl sites for hydroxylation is 2. The Labute approximate surface area is 127 Å². The van der Waals surface area contributed by atoms with E-state index in [1.165, 1.54) is 6.07 Å².